The molecule has 1 aliphatic rings. The molecule has 0 aromatic heterocycles. The summed E-state index contributed by atoms with van der Waals surface area (Å²) in [5.41, 5.74) is 5.07. The average Bonchev–Trinajstić information content (AvgIpc) is 2.04. The lowest BCUT2D eigenvalue weighted by atomic mass is 9.80. The van der Waals surface area contributed by atoms with Crippen LogP contribution < -0.4 is 11.1 Å². The number of primary amides is 1. The van der Waals surface area contributed by atoms with E-state index in [2.05, 4.69) is 19.2 Å². The summed E-state index contributed by atoms with van der Waals surface area (Å²) in [7, 11) is 0. The minimum absolute atomic E-state index is 0.326. The van der Waals surface area contributed by atoms with Crippen molar-refractivity contribution in [3.63, 3.8) is 0 Å². The molecule has 3 N–H and O–H groups in total. The molecule has 0 unspecified atom stereocenters. The van der Waals surface area contributed by atoms with Crippen molar-refractivity contribution in [2.75, 3.05) is 0 Å². The first kappa shape index (κ1) is 10.4. The zero-order valence-corrected chi connectivity index (χ0v) is 8.55. The third kappa shape index (κ3) is 3.25. The normalized spacial score (nSPS) is 28.8. The quantitative estimate of drug-likeness (QED) is 0.676. The van der Waals surface area contributed by atoms with Crippen LogP contribution in [0, 0.1) is 11.8 Å². The molecule has 1 rings (SSSR count). The second-order valence-electron chi connectivity index (χ2n) is 4.36. The predicted octanol–water partition coefficient (Wildman–Crippen LogP) is 1.87. The van der Waals surface area contributed by atoms with Gasteiger partial charge in [0.05, 0.1) is 0 Å². The van der Waals surface area contributed by atoms with Gasteiger partial charge in [-0.1, -0.05) is 13.8 Å². The van der Waals surface area contributed by atoms with E-state index < -0.39 is 0 Å². The molecule has 0 aromatic carbocycles. The number of urea groups is 1. The molecule has 13 heavy (non-hydrogen) atoms. The molecule has 0 atom stereocenters. The minimum atomic E-state index is -0.381. The first-order chi connectivity index (χ1) is 6.09. The highest BCUT2D eigenvalue weighted by Gasteiger charge is 2.23. The number of nitrogens with one attached hydrogen (secondary N) is 1. The molecule has 0 spiro atoms. The Morgan fingerprint density at radius 2 is 1.85 bits per heavy atom. The molecule has 3 nitrogen and oxygen atoms in total. The lowest BCUT2D eigenvalue weighted by Gasteiger charge is -2.30. The minimum Gasteiger partial charge on any atom is -0.352 e. The van der Waals surface area contributed by atoms with Gasteiger partial charge in [0.2, 0.25) is 0 Å². The van der Waals surface area contributed by atoms with Gasteiger partial charge in [0.15, 0.2) is 0 Å². The third-order valence-corrected chi connectivity index (χ3v) is 3.06. The van der Waals surface area contributed by atoms with Crippen molar-refractivity contribution in [1.29, 1.82) is 0 Å². The molecular weight excluding hydrogens is 164 g/mol. The number of nitrogens with two attached hydrogens (primary N) is 1. The molecule has 0 saturated heterocycles. The Hall–Kier alpha value is -0.730. The lowest BCUT2D eigenvalue weighted by molar-refractivity contribution is 0.221. The van der Waals surface area contributed by atoms with E-state index in [0.717, 1.165) is 24.7 Å². The summed E-state index contributed by atoms with van der Waals surface area (Å²) in [4.78, 5) is 10.6. The van der Waals surface area contributed by atoms with Gasteiger partial charge in [-0.2, -0.15) is 0 Å². The van der Waals surface area contributed by atoms with Crippen molar-refractivity contribution in [1.82, 2.24) is 5.32 Å². The van der Waals surface area contributed by atoms with Crippen molar-refractivity contribution in [2.24, 2.45) is 17.6 Å². The Bertz CT molecular complexity index is 172. The van der Waals surface area contributed by atoms with E-state index in [0.29, 0.717) is 6.04 Å². The zero-order chi connectivity index (χ0) is 9.84. The van der Waals surface area contributed by atoms with Crippen molar-refractivity contribution in [3.8, 4) is 0 Å². The number of hydrogen-bond acceptors (Lipinski definition) is 1. The van der Waals surface area contributed by atoms with Gasteiger partial charge in [0.25, 0.3) is 0 Å². The zero-order valence-electron chi connectivity index (χ0n) is 8.55. The number of carbonyl (C=O) groups excluding carboxylic acids is 1. The summed E-state index contributed by atoms with van der Waals surface area (Å²) in [5.74, 6) is 1.61. The molecule has 0 radical (unpaired) electrons. The van der Waals surface area contributed by atoms with Gasteiger partial charge in [0, 0.05) is 6.04 Å². The highest BCUT2D eigenvalue weighted by atomic mass is 16.2. The molecule has 1 fully saturated rings. The van der Waals surface area contributed by atoms with Gasteiger partial charge >= 0.3 is 6.03 Å². The highest BCUT2D eigenvalue weighted by Crippen LogP contribution is 2.29. The Morgan fingerprint density at radius 3 is 2.23 bits per heavy atom. The summed E-state index contributed by atoms with van der Waals surface area (Å²) in [6.45, 7) is 4.54. The SMILES string of the molecule is CC(C)C1CCC(NC(N)=O)CC1. The molecule has 0 heterocycles. The molecule has 0 bridgehead atoms. The third-order valence-electron chi connectivity index (χ3n) is 3.06. The Labute approximate surface area is 80.1 Å². The van der Waals surface area contributed by atoms with Gasteiger partial charge < -0.3 is 11.1 Å². The smallest absolute Gasteiger partial charge is 0.312 e. The van der Waals surface area contributed by atoms with E-state index in [4.69, 9.17) is 5.73 Å². The Morgan fingerprint density at radius 1 is 1.31 bits per heavy atom. The Kier molecular flexibility index (Phi) is 3.58. The number of carbonyl (C=O) groups is 1. The molecule has 2 amide bonds. The van der Waals surface area contributed by atoms with Crippen molar-refractivity contribution < 1.29 is 4.79 Å². The summed E-state index contributed by atoms with van der Waals surface area (Å²) < 4.78 is 0. The first-order valence-electron chi connectivity index (χ1n) is 5.15. The predicted molar refractivity (Wildman–Crippen MR) is 53.3 cm³/mol. The summed E-state index contributed by atoms with van der Waals surface area (Å²) >= 11 is 0. The van der Waals surface area contributed by atoms with E-state index in [1.807, 2.05) is 0 Å². The highest BCUT2D eigenvalue weighted by molar-refractivity contribution is 5.71. The lowest BCUT2D eigenvalue weighted by Crippen LogP contribution is -2.41. The maximum Gasteiger partial charge on any atom is 0.312 e. The maximum atomic E-state index is 10.6. The largest absolute Gasteiger partial charge is 0.352 e. The van der Waals surface area contributed by atoms with E-state index in [1.54, 1.807) is 0 Å². The van der Waals surface area contributed by atoms with Crippen LogP contribution in [0.1, 0.15) is 39.5 Å². The molecule has 0 aromatic rings. The second kappa shape index (κ2) is 4.49. The Balaban J connectivity index is 2.26. The van der Waals surface area contributed by atoms with Gasteiger partial charge in [0.1, 0.15) is 0 Å². The second-order valence-corrected chi connectivity index (χ2v) is 4.36. The fraction of sp³-hybridized carbons (Fsp3) is 0.900. The number of rotatable bonds is 2. The van der Waals surface area contributed by atoms with Crippen molar-refractivity contribution in [2.45, 2.75) is 45.6 Å². The summed E-state index contributed by atoms with van der Waals surface area (Å²) in [5, 5.41) is 2.78. The van der Waals surface area contributed by atoms with E-state index >= 15 is 0 Å². The van der Waals surface area contributed by atoms with Crippen LogP contribution in [0.4, 0.5) is 4.79 Å². The fourth-order valence-electron chi connectivity index (χ4n) is 2.13. The van der Waals surface area contributed by atoms with Gasteiger partial charge in [-0.3, -0.25) is 0 Å². The van der Waals surface area contributed by atoms with Crippen LogP contribution in [0.15, 0.2) is 0 Å². The molecule has 1 aliphatic carbocycles. The van der Waals surface area contributed by atoms with E-state index in [1.165, 1.54) is 12.8 Å². The van der Waals surface area contributed by atoms with Gasteiger partial charge in [-0.05, 0) is 37.5 Å². The van der Waals surface area contributed by atoms with Crippen LogP contribution >= 0.6 is 0 Å². The van der Waals surface area contributed by atoms with Crippen molar-refractivity contribution >= 4 is 6.03 Å². The molecule has 0 aliphatic heterocycles. The van der Waals surface area contributed by atoms with Crippen LogP contribution in [-0.4, -0.2) is 12.1 Å². The standard InChI is InChI=1S/C10H20N2O/c1-7(2)8-3-5-9(6-4-8)12-10(11)13/h7-9H,3-6H2,1-2H3,(H3,11,12,13). The van der Waals surface area contributed by atoms with Crippen molar-refractivity contribution in [3.05, 3.63) is 0 Å². The van der Waals surface area contributed by atoms with Gasteiger partial charge in [-0.15, -0.1) is 0 Å². The number of amides is 2. The van der Waals surface area contributed by atoms with Crippen LogP contribution in [0.3, 0.4) is 0 Å². The number of hydrogen-bond donors (Lipinski definition) is 2. The molecular formula is C10H20N2O. The first-order valence-corrected chi connectivity index (χ1v) is 5.15. The van der Waals surface area contributed by atoms with E-state index in [-0.39, 0.29) is 6.03 Å². The molecule has 3 heteroatoms. The fourth-order valence-corrected chi connectivity index (χ4v) is 2.13. The molecule has 1 saturated carbocycles. The average molecular weight is 184 g/mol. The summed E-state index contributed by atoms with van der Waals surface area (Å²) in [6, 6.07) is -0.0551. The van der Waals surface area contributed by atoms with Gasteiger partial charge in [-0.25, -0.2) is 4.79 Å². The van der Waals surface area contributed by atoms with Crippen LogP contribution in [0.25, 0.3) is 0 Å². The van der Waals surface area contributed by atoms with Crippen LogP contribution in [-0.2, 0) is 0 Å². The maximum absolute atomic E-state index is 10.6. The van der Waals surface area contributed by atoms with Crippen LogP contribution in [0.2, 0.25) is 0 Å². The summed E-state index contributed by atoms with van der Waals surface area (Å²) in [6.07, 6.45) is 4.63. The monoisotopic (exact) mass is 184 g/mol. The molecule has 76 valence electrons. The van der Waals surface area contributed by atoms with Crippen LogP contribution in [0.5, 0.6) is 0 Å². The topological polar surface area (TPSA) is 55.1 Å². The van der Waals surface area contributed by atoms with E-state index in [9.17, 15) is 4.79 Å².